The van der Waals surface area contributed by atoms with Crippen molar-refractivity contribution in [2.24, 2.45) is 0 Å². The average molecular weight is 515 g/mol. The molecule has 1 aromatic heterocycles. The van der Waals surface area contributed by atoms with E-state index in [1.54, 1.807) is 0 Å². The highest BCUT2D eigenvalue weighted by atomic mass is 35.5. The first-order valence-corrected chi connectivity index (χ1v) is 13.5. The van der Waals surface area contributed by atoms with Crippen LogP contribution in [-0.2, 0) is 19.5 Å². The van der Waals surface area contributed by atoms with Crippen LogP contribution in [0.15, 0.2) is 91.5 Å². The van der Waals surface area contributed by atoms with Crippen LogP contribution >= 0.6 is 11.6 Å². The molecule has 0 saturated carbocycles. The van der Waals surface area contributed by atoms with Crippen molar-refractivity contribution >= 4 is 17.3 Å². The van der Waals surface area contributed by atoms with Crippen molar-refractivity contribution in [1.29, 1.82) is 0 Å². The molecule has 4 aromatic rings. The zero-order valence-electron chi connectivity index (χ0n) is 21.5. The summed E-state index contributed by atoms with van der Waals surface area (Å²) < 4.78 is 8.55. The average Bonchev–Trinajstić information content (AvgIpc) is 3.44. The molecule has 1 aliphatic heterocycles. The lowest BCUT2D eigenvalue weighted by atomic mass is 10.1. The summed E-state index contributed by atoms with van der Waals surface area (Å²) in [6.45, 7) is 8.15. The van der Waals surface area contributed by atoms with Crippen LogP contribution in [0.5, 0.6) is 5.75 Å². The standard InChI is InChI=1S/C31H35ClN4O/c1-25-2-4-27(5-3-25)22-34-18-20-36(21-19-34)29-11-14-30(15-12-29)37-31(23-35-17-16-33-24-35)13-8-26-6-9-28(32)10-7-26/h2-7,9-12,14-17,24,31H,8,13,18-23H2,1H3. The van der Waals surface area contributed by atoms with Crippen LogP contribution < -0.4 is 9.64 Å². The maximum absolute atomic E-state index is 6.47. The number of hydrogen-bond acceptors (Lipinski definition) is 4. The van der Waals surface area contributed by atoms with Crippen LogP contribution in [-0.4, -0.2) is 46.7 Å². The number of anilines is 1. The number of aryl methyl sites for hydroxylation is 2. The number of rotatable bonds is 10. The molecule has 5 rings (SSSR count). The maximum Gasteiger partial charge on any atom is 0.119 e. The van der Waals surface area contributed by atoms with E-state index in [0.29, 0.717) is 0 Å². The fourth-order valence-electron chi connectivity index (χ4n) is 4.84. The highest BCUT2D eigenvalue weighted by molar-refractivity contribution is 6.30. The van der Waals surface area contributed by atoms with Crippen LogP contribution in [0.3, 0.4) is 0 Å². The van der Waals surface area contributed by atoms with Gasteiger partial charge in [-0.05, 0) is 67.3 Å². The van der Waals surface area contributed by atoms with E-state index in [1.165, 1.54) is 22.4 Å². The number of halogens is 1. The molecule has 0 spiro atoms. The minimum absolute atomic E-state index is 0.0426. The van der Waals surface area contributed by atoms with Gasteiger partial charge >= 0.3 is 0 Å². The molecule has 0 N–H and O–H groups in total. The third-order valence-electron chi connectivity index (χ3n) is 7.05. The zero-order chi connectivity index (χ0) is 25.5. The summed E-state index contributed by atoms with van der Waals surface area (Å²) in [4.78, 5) is 9.20. The molecule has 1 unspecified atom stereocenters. The third kappa shape index (κ3) is 7.37. The second-order valence-corrected chi connectivity index (χ2v) is 10.3. The van der Waals surface area contributed by atoms with Gasteiger partial charge in [-0.15, -0.1) is 0 Å². The summed E-state index contributed by atoms with van der Waals surface area (Å²) in [5.74, 6) is 0.906. The summed E-state index contributed by atoms with van der Waals surface area (Å²) in [5, 5.41) is 0.766. The number of hydrogen-bond donors (Lipinski definition) is 0. The molecule has 0 amide bonds. The van der Waals surface area contributed by atoms with E-state index in [-0.39, 0.29) is 6.10 Å². The van der Waals surface area contributed by atoms with E-state index < -0.39 is 0 Å². The monoisotopic (exact) mass is 514 g/mol. The Labute approximate surface area is 225 Å². The van der Waals surface area contributed by atoms with Gasteiger partial charge in [0.05, 0.1) is 12.9 Å². The first-order valence-electron chi connectivity index (χ1n) is 13.1. The summed E-state index contributed by atoms with van der Waals surface area (Å²) in [7, 11) is 0. The van der Waals surface area contributed by atoms with Crippen LogP contribution in [0.25, 0.3) is 0 Å². The molecule has 3 aromatic carbocycles. The van der Waals surface area contributed by atoms with Gasteiger partial charge in [0.1, 0.15) is 11.9 Å². The molecular formula is C31H35ClN4O. The van der Waals surface area contributed by atoms with Gasteiger partial charge in [0, 0.05) is 55.8 Å². The van der Waals surface area contributed by atoms with E-state index in [9.17, 15) is 0 Å². The molecule has 192 valence electrons. The predicted octanol–water partition coefficient (Wildman–Crippen LogP) is 6.25. The first kappa shape index (κ1) is 25.4. The van der Waals surface area contributed by atoms with Gasteiger partial charge in [-0.1, -0.05) is 53.6 Å². The molecule has 0 bridgehead atoms. The van der Waals surface area contributed by atoms with Crippen molar-refractivity contribution in [2.75, 3.05) is 31.1 Å². The minimum atomic E-state index is 0.0426. The molecule has 1 saturated heterocycles. The molecule has 0 aliphatic carbocycles. The Morgan fingerprint density at radius 3 is 2.24 bits per heavy atom. The highest BCUT2D eigenvalue weighted by Gasteiger charge is 2.18. The molecule has 1 fully saturated rings. The van der Waals surface area contributed by atoms with E-state index in [1.807, 2.05) is 30.9 Å². The molecule has 0 radical (unpaired) electrons. The van der Waals surface area contributed by atoms with Gasteiger partial charge in [0.2, 0.25) is 0 Å². The molecule has 1 aliphatic rings. The maximum atomic E-state index is 6.47. The minimum Gasteiger partial charge on any atom is -0.489 e. The normalized spacial score (nSPS) is 15.0. The number of benzene rings is 3. The summed E-state index contributed by atoms with van der Waals surface area (Å²) in [5.41, 5.74) is 5.23. The molecule has 37 heavy (non-hydrogen) atoms. The van der Waals surface area contributed by atoms with E-state index in [2.05, 4.69) is 86.9 Å². The van der Waals surface area contributed by atoms with Gasteiger partial charge in [0.25, 0.3) is 0 Å². The molecule has 6 heteroatoms. The van der Waals surface area contributed by atoms with Crippen molar-refractivity contribution in [2.45, 2.75) is 39.0 Å². The lowest BCUT2D eigenvalue weighted by Gasteiger charge is -2.36. The smallest absolute Gasteiger partial charge is 0.119 e. The van der Waals surface area contributed by atoms with E-state index in [4.69, 9.17) is 16.3 Å². The lowest BCUT2D eigenvalue weighted by Crippen LogP contribution is -2.45. The Hall–Kier alpha value is -3.28. The van der Waals surface area contributed by atoms with Crippen LogP contribution in [0, 0.1) is 6.92 Å². The van der Waals surface area contributed by atoms with E-state index >= 15 is 0 Å². The highest BCUT2D eigenvalue weighted by Crippen LogP contribution is 2.23. The number of imidazole rings is 1. The SMILES string of the molecule is Cc1ccc(CN2CCN(c3ccc(OC(CCc4ccc(Cl)cc4)Cn4ccnc4)cc3)CC2)cc1. The number of ether oxygens (including phenoxy) is 1. The van der Waals surface area contributed by atoms with Crippen LogP contribution in [0.4, 0.5) is 5.69 Å². The topological polar surface area (TPSA) is 33.5 Å². The fraction of sp³-hybridized carbons (Fsp3) is 0.323. The molecule has 1 atom stereocenters. The van der Waals surface area contributed by atoms with Crippen molar-refractivity contribution in [1.82, 2.24) is 14.5 Å². The van der Waals surface area contributed by atoms with Crippen molar-refractivity contribution in [3.05, 3.63) is 113 Å². The molecule has 5 nitrogen and oxygen atoms in total. The summed E-state index contributed by atoms with van der Waals surface area (Å²) >= 11 is 6.05. The van der Waals surface area contributed by atoms with Gasteiger partial charge in [-0.2, -0.15) is 0 Å². The van der Waals surface area contributed by atoms with Crippen LogP contribution in [0.2, 0.25) is 5.02 Å². The summed E-state index contributed by atoms with van der Waals surface area (Å²) in [6, 6.07) is 25.6. The summed E-state index contributed by atoms with van der Waals surface area (Å²) in [6.07, 6.45) is 7.53. The largest absolute Gasteiger partial charge is 0.489 e. The Kier molecular flexibility index (Phi) is 8.44. The molecular weight excluding hydrogens is 480 g/mol. The van der Waals surface area contributed by atoms with E-state index in [0.717, 1.165) is 62.9 Å². The Bertz CT molecular complexity index is 1220. The predicted molar refractivity (Wildman–Crippen MR) is 152 cm³/mol. The zero-order valence-corrected chi connectivity index (χ0v) is 22.2. The van der Waals surface area contributed by atoms with Gasteiger partial charge in [-0.3, -0.25) is 4.90 Å². The van der Waals surface area contributed by atoms with Crippen molar-refractivity contribution < 1.29 is 4.74 Å². The second kappa shape index (κ2) is 12.3. The lowest BCUT2D eigenvalue weighted by molar-refractivity contribution is 0.170. The van der Waals surface area contributed by atoms with Gasteiger partial charge in [0.15, 0.2) is 0 Å². The Morgan fingerprint density at radius 2 is 1.57 bits per heavy atom. The van der Waals surface area contributed by atoms with Gasteiger partial charge in [-0.25, -0.2) is 4.98 Å². The third-order valence-corrected chi connectivity index (χ3v) is 7.30. The van der Waals surface area contributed by atoms with Crippen LogP contribution in [0.1, 0.15) is 23.1 Å². The first-order chi connectivity index (χ1) is 18.1. The number of aromatic nitrogens is 2. The Balaban J connectivity index is 1.15. The van der Waals surface area contributed by atoms with Crippen molar-refractivity contribution in [3.63, 3.8) is 0 Å². The van der Waals surface area contributed by atoms with Gasteiger partial charge < -0.3 is 14.2 Å². The van der Waals surface area contributed by atoms with Crippen molar-refractivity contribution in [3.8, 4) is 5.75 Å². The Morgan fingerprint density at radius 1 is 0.865 bits per heavy atom. The number of piperazine rings is 1. The quantitative estimate of drug-likeness (QED) is 0.250. The molecule has 2 heterocycles. The second-order valence-electron chi connectivity index (χ2n) is 9.91. The number of nitrogens with zero attached hydrogens (tertiary/aromatic N) is 4. The fourth-order valence-corrected chi connectivity index (χ4v) is 4.97.